The molecule has 0 bridgehead atoms. The molecule has 0 atom stereocenters. The van der Waals surface area contributed by atoms with E-state index in [1.54, 1.807) is 0 Å². The molecular formula is C20H20N4OS. The number of benzene rings is 1. The molecule has 0 aromatic heterocycles. The highest BCUT2D eigenvalue weighted by atomic mass is 32.2. The third-order valence-corrected chi connectivity index (χ3v) is 5.33. The van der Waals surface area contributed by atoms with Gasteiger partial charge in [0.1, 0.15) is 12.4 Å². The van der Waals surface area contributed by atoms with Gasteiger partial charge in [-0.2, -0.15) is 5.26 Å². The standard InChI is InChI=1S/C20H20N4OS/c1-2-9-22-19-18(26-20(25)23-19)12-15-7-10-24(11-8-15)14-17-5-3-16(13-21)4-6-17/h1,3-6,12,15H,7-11,14H2,(H,22,23,25). The van der Waals surface area contributed by atoms with Crippen LogP contribution in [0.15, 0.2) is 40.2 Å². The molecule has 0 unspecified atom stereocenters. The predicted octanol–water partition coefficient (Wildman–Crippen LogP) is 3.14. The zero-order chi connectivity index (χ0) is 18.4. The van der Waals surface area contributed by atoms with E-state index >= 15 is 0 Å². The quantitative estimate of drug-likeness (QED) is 0.834. The maximum absolute atomic E-state index is 11.6. The third kappa shape index (κ3) is 4.76. The topological polar surface area (TPSA) is 68.5 Å². The van der Waals surface area contributed by atoms with E-state index in [9.17, 15) is 4.79 Å². The van der Waals surface area contributed by atoms with Crippen molar-refractivity contribution in [2.24, 2.45) is 10.9 Å². The highest BCUT2D eigenvalue weighted by Crippen LogP contribution is 2.29. The van der Waals surface area contributed by atoms with Crippen molar-refractivity contribution in [1.82, 2.24) is 10.2 Å². The van der Waals surface area contributed by atoms with E-state index in [4.69, 9.17) is 11.7 Å². The molecule has 1 N–H and O–H groups in total. The number of hydrogen-bond acceptors (Lipinski definition) is 5. The number of piperidine rings is 1. The molecule has 2 fully saturated rings. The molecule has 0 aliphatic carbocycles. The van der Waals surface area contributed by atoms with Crippen LogP contribution in [0.3, 0.4) is 0 Å². The van der Waals surface area contributed by atoms with Gasteiger partial charge in [-0.1, -0.05) is 24.1 Å². The van der Waals surface area contributed by atoms with Crippen LogP contribution in [0, 0.1) is 29.6 Å². The van der Waals surface area contributed by atoms with Crippen LogP contribution < -0.4 is 5.32 Å². The van der Waals surface area contributed by atoms with Crippen LogP contribution in [0.2, 0.25) is 0 Å². The van der Waals surface area contributed by atoms with Gasteiger partial charge in [0.15, 0.2) is 0 Å². The molecule has 3 rings (SSSR count). The lowest BCUT2D eigenvalue weighted by Gasteiger charge is -2.30. The first-order valence-corrected chi connectivity index (χ1v) is 9.40. The smallest absolute Gasteiger partial charge is 0.289 e. The van der Waals surface area contributed by atoms with Crippen molar-refractivity contribution < 1.29 is 4.79 Å². The number of nitrogens with zero attached hydrogens (tertiary/aromatic N) is 3. The highest BCUT2D eigenvalue weighted by Gasteiger charge is 2.26. The fourth-order valence-corrected chi connectivity index (χ4v) is 3.94. The molecular weight excluding hydrogens is 344 g/mol. The minimum absolute atomic E-state index is 0.0923. The zero-order valence-electron chi connectivity index (χ0n) is 14.4. The summed E-state index contributed by atoms with van der Waals surface area (Å²) >= 11 is 1.20. The largest absolute Gasteiger partial charge is 0.300 e. The second-order valence-electron chi connectivity index (χ2n) is 6.34. The minimum Gasteiger partial charge on any atom is -0.300 e. The Morgan fingerprint density at radius 3 is 2.73 bits per heavy atom. The van der Waals surface area contributed by atoms with Crippen LogP contribution in [-0.2, 0) is 6.54 Å². The Morgan fingerprint density at radius 1 is 1.35 bits per heavy atom. The zero-order valence-corrected chi connectivity index (χ0v) is 15.3. The average Bonchev–Trinajstić information content (AvgIpc) is 3.01. The van der Waals surface area contributed by atoms with E-state index in [2.05, 4.69) is 33.3 Å². The van der Waals surface area contributed by atoms with Gasteiger partial charge in [0, 0.05) is 6.54 Å². The summed E-state index contributed by atoms with van der Waals surface area (Å²) in [6, 6.07) is 9.92. The Balaban J connectivity index is 1.55. The van der Waals surface area contributed by atoms with E-state index < -0.39 is 0 Å². The van der Waals surface area contributed by atoms with Crippen LogP contribution in [0.4, 0.5) is 4.79 Å². The first-order valence-electron chi connectivity index (χ1n) is 8.58. The maximum atomic E-state index is 11.6. The van der Waals surface area contributed by atoms with Crippen LogP contribution in [-0.4, -0.2) is 35.6 Å². The Hall–Kier alpha value is -2.54. The summed E-state index contributed by atoms with van der Waals surface area (Å²) in [5.41, 5.74) is 1.92. The second-order valence-corrected chi connectivity index (χ2v) is 7.35. The van der Waals surface area contributed by atoms with Crippen LogP contribution in [0.25, 0.3) is 0 Å². The van der Waals surface area contributed by atoms with Gasteiger partial charge in [-0.15, -0.1) is 6.42 Å². The van der Waals surface area contributed by atoms with Gasteiger partial charge in [0.2, 0.25) is 0 Å². The van der Waals surface area contributed by atoms with Crippen molar-refractivity contribution in [2.45, 2.75) is 19.4 Å². The molecule has 26 heavy (non-hydrogen) atoms. The molecule has 0 radical (unpaired) electrons. The summed E-state index contributed by atoms with van der Waals surface area (Å²) in [7, 11) is 0. The number of amidine groups is 1. The number of thioether (sulfide) groups is 1. The summed E-state index contributed by atoms with van der Waals surface area (Å²) in [6.07, 6.45) is 9.52. The van der Waals surface area contributed by atoms with Crippen molar-refractivity contribution >= 4 is 22.8 Å². The second kappa shape index (κ2) is 8.71. The summed E-state index contributed by atoms with van der Waals surface area (Å²) in [4.78, 5) is 19.2. The molecule has 1 amide bonds. The first-order chi connectivity index (χ1) is 12.7. The summed E-state index contributed by atoms with van der Waals surface area (Å²) < 4.78 is 0. The lowest BCUT2D eigenvalue weighted by molar-refractivity contribution is 0.195. The number of aliphatic imine (C=N–C) groups is 1. The van der Waals surface area contributed by atoms with Crippen molar-refractivity contribution in [3.05, 3.63) is 46.4 Å². The van der Waals surface area contributed by atoms with Gasteiger partial charge in [0.05, 0.1) is 16.5 Å². The molecule has 0 saturated carbocycles. The Bertz CT molecular complexity index is 806. The molecule has 132 valence electrons. The van der Waals surface area contributed by atoms with Gasteiger partial charge in [-0.25, -0.2) is 0 Å². The normalized spacial score (nSPS) is 21.5. The predicted molar refractivity (Wildman–Crippen MR) is 104 cm³/mol. The number of allylic oxidation sites excluding steroid dienone is 1. The number of hydrogen-bond donors (Lipinski definition) is 1. The summed E-state index contributed by atoms with van der Waals surface area (Å²) in [5.74, 6) is 3.52. The van der Waals surface area contributed by atoms with Crippen LogP contribution in [0.5, 0.6) is 0 Å². The van der Waals surface area contributed by atoms with Crippen LogP contribution in [0.1, 0.15) is 24.0 Å². The van der Waals surface area contributed by atoms with Gasteiger partial charge in [0.25, 0.3) is 5.24 Å². The van der Waals surface area contributed by atoms with Gasteiger partial charge < -0.3 is 5.32 Å². The van der Waals surface area contributed by atoms with E-state index in [1.807, 2.05) is 24.3 Å². The van der Waals surface area contributed by atoms with E-state index in [0.717, 1.165) is 37.4 Å². The Morgan fingerprint density at radius 2 is 2.08 bits per heavy atom. The molecule has 1 aromatic carbocycles. The van der Waals surface area contributed by atoms with Crippen molar-refractivity contribution in [3.63, 3.8) is 0 Å². The van der Waals surface area contributed by atoms with E-state index in [-0.39, 0.29) is 11.8 Å². The fraction of sp³-hybridized carbons (Fsp3) is 0.350. The van der Waals surface area contributed by atoms with Gasteiger partial charge in [-0.3, -0.25) is 14.7 Å². The van der Waals surface area contributed by atoms with Crippen LogP contribution >= 0.6 is 11.8 Å². The number of amides is 1. The molecule has 0 spiro atoms. The molecule has 2 heterocycles. The molecule has 2 aliphatic heterocycles. The number of rotatable bonds is 4. The highest BCUT2D eigenvalue weighted by molar-refractivity contribution is 8.18. The lowest BCUT2D eigenvalue weighted by Crippen LogP contribution is -2.32. The summed E-state index contributed by atoms with van der Waals surface area (Å²) in [5, 5.41) is 11.5. The monoisotopic (exact) mass is 364 g/mol. The first kappa shape index (κ1) is 18.3. The molecule has 1 aromatic rings. The Kier molecular flexibility index (Phi) is 6.12. The molecule has 5 nitrogen and oxygen atoms in total. The maximum Gasteiger partial charge on any atom is 0.289 e. The van der Waals surface area contributed by atoms with Crippen molar-refractivity contribution in [2.75, 3.05) is 19.6 Å². The SMILES string of the molecule is C#CCN=C1NC(=O)SC1=CC1CCN(Cc2ccc(C#N)cc2)CC1. The molecule has 2 saturated heterocycles. The Labute approximate surface area is 158 Å². The molecule has 6 heteroatoms. The number of terminal acetylenes is 1. The van der Waals surface area contributed by atoms with E-state index in [0.29, 0.717) is 17.3 Å². The summed E-state index contributed by atoms with van der Waals surface area (Å²) in [6.45, 7) is 3.20. The van der Waals surface area contributed by atoms with Crippen molar-refractivity contribution in [1.29, 1.82) is 5.26 Å². The van der Waals surface area contributed by atoms with Gasteiger partial charge in [-0.05, 0) is 61.3 Å². The number of likely N-dealkylation sites (tertiary alicyclic amines) is 1. The third-order valence-electron chi connectivity index (χ3n) is 4.49. The lowest BCUT2D eigenvalue weighted by atomic mass is 9.95. The fourth-order valence-electron chi connectivity index (χ4n) is 3.12. The van der Waals surface area contributed by atoms with Crippen molar-refractivity contribution in [3.8, 4) is 18.4 Å². The molecule has 2 aliphatic rings. The van der Waals surface area contributed by atoms with Gasteiger partial charge >= 0.3 is 0 Å². The average molecular weight is 364 g/mol. The van der Waals surface area contributed by atoms with E-state index in [1.165, 1.54) is 17.3 Å². The number of nitriles is 1. The number of nitrogens with one attached hydrogen (secondary N) is 1. The number of carbonyl (C=O) groups excluding carboxylic acids is 1. The number of carbonyl (C=O) groups is 1. The minimum atomic E-state index is -0.0923.